The number of anilines is 2. The molecule has 2 aromatic rings. The number of ether oxygens (including phenoxy) is 2. The van der Waals surface area contributed by atoms with Crippen molar-refractivity contribution < 1.29 is 14.3 Å². The quantitative estimate of drug-likeness (QED) is 0.709. The van der Waals surface area contributed by atoms with Crippen molar-refractivity contribution in [3.05, 3.63) is 47.5 Å². The van der Waals surface area contributed by atoms with E-state index in [0.29, 0.717) is 29.0 Å². The SMILES string of the molecule is COc1ccc(NC(=O)Nc2c(C(C)C)cccc2C(C)C)cc1OC. The standard InChI is InChI=1S/C21H28N2O3/c1-13(2)16-8-7-9-17(14(3)4)20(16)23-21(24)22-15-10-11-18(25-5)19(12-15)26-6/h7-14H,1-6H3,(H2,22,23,24). The molecular weight excluding hydrogens is 328 g/mol. The summed E-state index contributed by atoms with van der Waals surface area (Å²) in [6.07, 6.45) is 0. The average molecular weight is 356 g/mol. The van der Waals surface area contributed by atoms with Crippen molar-refractivity contribution >= 4 is 17.4 Å². The number of methoxy groups -OCH3 is 2. The molecule has 26 heavy (non-hydrogen) atoms. The summed E-state index contributed by atoms with van der Waals surface area (Å²) < 4.78 is 10.5. The predicted molar refractivity (Wildman–Crippen MR) is 107 cm³/mol. The van der Waals surface area contributed by atoms with Gasteiger partial charge in [-0.25, -0.2) is 4.79 Å². The zero-order valence-corrected chi connectivity index (χ0v) is 16.3. The Morgan fingerprint density at radius 1 is 0.846 bits per heavy atom. The number of amides is 2. The Labute approximate surface area is 155 Å². The van der Waals surface area contributed by atoms with Crippen molar-refractivity contribution in [2.45, 2.75) is 39.5 Å². The van der Waals surface area contributed by atoms with E-state index >= 15 is 0 Å². The normalized spacial score (nSPS) is 10.8. The van der Waals surface area contributed by atoms with Crippen LogP contribution in [0.25, 0.3) is 0 Å². The Bertz CT molecular complexity index is 744. The molecule has 0 aliphatic rings. The lowest BCUT2D eigenvalue weighted by Crippen LogP contribution is -2.21. The van der Waals surface area contributed by atoms with Crippen molar-refractivity contribution in [3.8, 4) is 11.5 Å². The molecule has 0 spiro atoms. The lowest BCUT2D eigenvalue weighted by atomic mass is 9.93. The smallest absolute Gasteiger partial charge is 0.323 e. The van der Waals surface area contributed by atoms with E-state index in [9.17, 15) is 4.79 Å². The van der Waals surface area contributed by atoms with Crippen molar-refractivity contribution in [2.75, 3.05) is 24.9 Å². The maximum absolute atomic E-state index is 12.6. The van der Waals surface area contributed by atoms with Crippen LogP contribution in [0.1, 0.15) is 50.7 Å². The molecule has 2 rings (SSSR count). The average Bonchev–Trinajstić information content (AvgIpc) is 2.61. The molecule has 0 radical (unpaired) electrons. The van der Waals surface area contributed by atoms with Crippen molar-refractivity contribution in [2.24, 2.45) is 0 Å². The molecule has 0 atom stereocenters. The molecule has 140 valence electrons. The number of carbonyl (C=O) groups excluding carboxylic acids is 1. The molecule has 2 N–H and O–H groups in total. The van der Waals surface area contributed by atoms with Crippen LogP contribution in [0, 0.1) is 0 Å². The van der Waals surface area contributed by atoms with E-state index in [1.165, 1.54) is 0 Å². The van der Waals surface area contributed by atoms with E-state index in [0.717, 1.165) is 16.8 Å². The molecule has 2 aromatic carbocycles. The fourth-order valence-electron chi connectivity index (χ4n) is 2.89. The summed E-state index contributed by atoms with van der Waals surface area (Å²) in [6.45, 7) is 8.49. The zero-order chi connectivity index (χ0) is 19.3. The number of rotatable bonds is 6. The van der Waals surface area contributed by atoms with Crippen LogP contribution in [0.3, 0.4) is 0 Å². The minimum atomic E-state index is -0.285. The minimum absolute atomic E-state index is 0.285. The Morgan fingerprint density at radius 2 is 1.42 bits per heavy atom. The van der Waals surface area contributed by atoms with Gasteiger partial charge in [0.05, 0.1) is 14.2 Å². The van der Waals surface area contributed by atoms with Gasteiger partial charge < -0.3 is 20.1 Å². The van der Waals surface area contributed by atoms with Crippen LogP contribution in [0.2, 0.25) is 0 Å². The minimum Gasteiger partial charge on any atom is -0.493 e. The summed E-state index contributed by atoms with van der Waals surface area (Å²) in [5, 5.41) is 5.90. The van der Waals surface area contributed by atoms with Gasteiger partial charge in [-0.2, -0.15) is 0 Å². The van der Waals surface area contributed by atoms with Crippen LogP contribution in [-0.4, -0.2) is 20.3 Å². The number of para-hydroxylation sites is 1. The largest absolute Gasteiger partial charge is 0.493 e. The first-order valence-corrected chi connectivity index (χ1v) is 8.80. The fraction of sp³-hybridized carbons (Fsp3) is 0.381. The van der Waals surface area contributed by atoms with Crippen molar-refractivity contribution in [3.63, 3.8) is 0 Å². The zero-order valence-electron chi connectivity index (χ0n) is 16.3. The van der Waals surface area contributed by atoms with Gasteiger partial charge >= 0.3 is 6.03 Å². The van der Waals surface area contributed by atoms with Gasteiger partial charge in [0.25, 0.3) is 0 Å². The number of urea groups is 1. The van der Waals surface area contributed by atoms with Gasteiger partial charge in [0, 0.05) is 17.4 Å². The summed E-state index contributed by atoms with van der Waals surface area (Å²) in [5.74, 6) is 1.80. The Kier molecular flexibility index (Phi) is 6.50. The first-order chi connectivity index (χ1) is 12.4. The maximum Gasteiger partial charge on any atom is 0.323 e. The summed E-state index contributed by atoms with van der Waals surface area (Å²) >= 11 is 0. The highest BCUT2D eigenvalue weighted by Crippen LogP contribution is 2.33. The van der Waals surface area contributed by atoms with Crippen molar-refractivity contribution in [1.82, 2.24) is 0 Å². The highest BCUT2D eigenvalue weighted by molar-refractivity contribution is 6.01. The predicted octanol–water partition coefficient (Wildman–Crippen LogP) is 5.59. The second-order valence-electron chi connectivity index (χ2n) is 6.77. The van der Waals surface area contributed by atoms with Crippen LogP contribution in [0.4, 0.5) is 16.2 Å². The first-order valence-electron chi connectivity index (χ1n) is 8.80. The molecule has 0 saturated heterocycles. The molecule has 5 heteroatoms. The van der Waals surface area contributed by atoms with Crippen LogP contribution < -0.4 is 20.1 Å². The van der Waals surface area contributed by atoms with E-state index in [-0.39, 0.29) is 6.03 Å². The van der Waals surface area contributed by atoms with Gasteiger partial charge in [0.1, 0.15) is 0 Å². The summed E-state index contributed by atoms with van der Waals surface area (Å²) in [5.41, 5.74) is 3.76. The highest BCUT2D eigenvalue weighted by Gasteiger charge is 2.16. The molecule has 0 aliphatic carbocycles. The lowest BCUT2D eigenvalue weighted by Gasteiger charge is -2.20. The van der Waals surface area contributed by atoms with E-state index in [4.69, 9.17) is 9.47 Å². The topological polar surface area (TPSA) is 59.6 Å². The Morgan fingerprint density at radius 3 is 1.92 bits per heavy atom. The number of carbonyl (C=O) groups is 1. The lowest BCUT2D eigenvalue weighted by molar-refractivity contribution is 0.262. The Hall–Kier alpha value is -2.69. The van der Waals surface area contributed by atoms with E-state index in [1.54, 1.807) is 32.4 Å². The first kappa shape index (κ1) is 19.6. The van der Waals surface area contributed by atoms with Gasteiger partial charge in [-0.15, -0.1) is 0 Å². The van der Waals surface area contributed by atoms with E-state index < -0.39 is 0 Å². The third-order valence-electron chi connectivity index (χ3n) is 4.25. The molecule has 0 unspecified atom stereocenters. The Balaban J connectivity index is 2.25. The van der Waals surface area contributed by atoms with Gasteiger partial charge in [0.2, 0.25) is 0 Å². The number of benzene rings is 2. The van der Waals surface area contributed by atoms with Gasteiger partial charge in [-0.1, -0.05) is 45.9 Å². The number of nitrogens with one attached hydrogen (secondary N) is 2. The number of hydrogen-bond acceptors (Lipinski definition) is 3. The molecule has 0 aliphatic heterocycles. The van der Waals surface area contributed by atoms with Crippen LogP contribution in [-0.2, 0) is 0 Å². The summed E-state index contributed by atoms with van der Waals surface area (Å²) in [7, 11) is 3.14. The highest BCUT2D eigenvalue weighted by atomic mass is 16.5. The second-order valence-corrected chi connectivity index (χ2v) is 6.77. The van der Waals surface area contributed by atoms with E-state index in [1.807, 2.05) is 6.07 Å². The maximum atomic E-state index is 12.6. The third kappa shape index (κ3) is 4.48. The molecule has 0 heterocycles. The molecule has 0 fully saturated rings. The van der Waals surface area contributed by atoms with Crippen LogP contribution in [0.15, 0.2) is 36.4 Å². The monoisotopic (exact) mass is 356 g/mol. The van der Waals surface area contributed by atoms with Crippen molar-refractivity contribution in [1.29, 1.82) is 0 Å². The van der Waals surface area contributed by atoms with Gasteiger partial charge in [0.15, 0.2) is 11.5 Å². The molecule has 2 amide bonds. The third-order valence-corrected chi connectivity index (χ3v) is 4.25. The van der Waals surface area contributed by atoms with Crippen LogP contribution in [0.5, 0.6) is 11.5 Å². The fourth-order valence-corrected chi connectivity index (χ4v) is 2.89. The summed E-state index contributed by atoms with van der Waals surface area (Å²) in [6, 6.07) is 11.1. The second kappa shape index (κ2) is 8.61. The van der Waals surface area contributed by atoms with E-state index in [2.05, 4.69) is 50.5 Å². The van der Waals surface area contributed by atoms with Gasteiger partial charge in [-0.05, 0) is 35.1 Å². The summed E-state index contributed by atoms with van der Waals surface area (Å²) in [4.78, 5) is 12.6. The molecule has 5 nitrogen and oxygen atoms in total. The molecular formula is C21H28N2O3. The van der Waals surface area contributed by atoms with Crippen LogP contribution >= 0.6 is 0 Å². The molecule has 0 aromatic heterocycles. The van der Waals surface area contributed by atoms with Gasteiger partial charge in [-0.3, -0.25) is 0 Å². The number of hydrogen-bond donors (Lipinski definition) is 2. The molecule has 0 bridgehead atoms. The molecule has 0 saturated carbocycles.